The summed E-state index contributed by atoms with van der Waals surface area (Å²) in [4.78, 5) is 11.8. The van der Waals surface area contributed by atoms with Crippen LogP contribution in [0.3, 0.4) is 0 Å². The number of fused-ring (bicyclic) bond motifs is 1. The van der Waals surface area contributed by atoms with Gasteiger partial charge in [-0.05, 0) is 62.7 Å². The third-order valence-corrected chi connectivity index (χ3v) is 6.76. The SMILES string of the molecule is COC/C=C(\C)CC[C@]1(C)C2=CCC[C@](C)(C=O)[C@H]2CC[C@H]1C. The maximum atomic E-state index is 11.8. The minimum atomic E-state index is -0.146. The number of aldehydes is 1. The fraction of sp³-hybridized carbons (Fsp3) is 0.762. The predicted octanol–water partition coefficient (Wildman–Crippen LogP) is 5.34. The molecule has 2 aliphatic carbocycles. The van der Waals surface area contributed by atoms with E-state index in [1.165, 1.54) is 31.1 Å². The molecule has 0 aliphatic heterocycles. The molecule has 4 atom stereocenters. The van der Waals surface area contributed by atoms with Gasteiger partial charge in [-0.25, -0.2) is 0 Å². The van der Waals surface area contributed by atoms with Crippen molar-refractivity contribution < 1.29 is 9.53 Å². The minimum Gasteiger partial charge on any atom is -0.381 e. The Kier molecular flexibility index (Phi) is 5.89. The Hall–Kier alpha value is -0.890. The average Bonchev–Trinajstić information content (AvgIpc) is 2.55. The second-order valence-electron chi connectivity index (χ2n) is 8.28. The van der Waals surface area contributed by atoms with Gasteiger partial charge in [-0.3, -0.25) is 0 Å². The van der Waals surface area contributed by atoms with E-state index in [0.29, 0.717) is 18.4 Å². The van der Waals surface area contributed by atoms with Crippen molar-refractivity contribution >= 4 is 6.29 Å². The van der Waals surface area contributed by atoms with Gasteiger partial charge < -0.3 is 9.53 Å². The highest BCUT2D eigenvalue weighted by atomic mass is 16.5. The molecule has 0 saturated heterocycles. The molecule has 1 fully saturated rings. The van der Waals surface area contributed by atoms with Crippen molar-refractivity contribution in [1.29, 1.82) is 0 Å². The summed E-state index contributed by atoms with van der Waals surface area (Å²) in [5, 5.41) is 0. The minimum absolute atomic E-state index is 0.146. The molecule has 2 nitrogen and oxygen atoms in total. The van der Waals surface area contributed by atoms with Gasteiger partial charge in [-0.2, -0.15) is 0 Å². The number of carbonyl (C=O) groups excluding carboxylic acids is 1. The van der Waals surface area contributed by atoms with E-state index in [9.17, 15) is 4.79 Å². The molecule has 130 valence electrons. The van der Waals surface area contributed by atoms with Crippen LogP contribution in [0.25, 0.3) is 0 Å². The maximum Gasteiger partial charge on any atom is 0.126 e. The van der Waals surface area contributed by atoms with Gasteiger partial charge in [-0.15, -0.1) is 0 Å². The Morgan fingerprint density at radius 3 is 2.78 bits per heavy atom. The normalized spacial score (nSPS) is 38.0. The second kappa shape index (κ2) is 7.34. The summed E-state index contributed by atoms with van der Waals surface area (Å²) in [6.07, 6.45) is 12.7. The summed E-state index contributed by atoms with van der Waals surface area (Å²) in [6, 6.07) is 0. The Bertz CT molecular complexity index is 490. The molecule has 0 aromatic rings. The van der Waals surface area contributed by atoms with E-state index in [-0.39, 0.29) is 10.8 Å². The molecule has 2 rings (SSSR count). The molecule has 1 saturated carbocycles. The lowest BCUT2D eigenvalue weighted by Gasteiger charge is -2.52. The molecular weight excluding hydrogens is 284 g/mol. The number of carbonyl (C=O) groups is 1. The quantitative estimate of drug-likeness (QED) is 0.488. The zero-order valence-electron chi connectivity index (χ0n) is 15.7. The number of hydrogen-bond donors (Lipinski definition) is 0. The third kappa shape index (κ3) is 3.63. The highest BCUT2D eigenvalue weighted by Gasteiger charge is 2.49. The Morgan fingerprint density at radius 2 is 2.13 bits per heavy atom. The van der Waals surface area contributed by atoms with Crippen molar-refractivity contribution in [3.63, 3.8) is 0 Å². The fourth-order valence-electron chi connectivity index (χ4n) is 4.66. The Labute approximate surface area is 142 Å². The fourth-order valence-corrected chi connectivity index (χ4v) is 4.66. The highest BCUT2D eigenvalue weighted by Crippen LogP contribution is 2.57. The molecule has 0 radical (unpaired) electrons. The van der Waals surface area contributed by atoms with Crippen molar-refractivity contribution in [2.75, 3.05) is 13.7 Å². The topological polar surface area (TPSA) is 26.3 Å². The number of ether oxygens (including phenoxy) is 1. The van der Waals surface area contributed by atoms with Crippen LogP contribution in [0.1, 0.15) is 66.2 Å². The molecule has 0 heterocycles. The van der Waals surface area contributed by atoms with Crippen molar-refractivity contribution in [3.8, 4) is 0 Å². The van der Waals surface area contributed by atoms with Crippen LogP contribution in [0.4, 0.5) is 0 Å². The third-order valence-electron chi connectivity index (χ3n) is 6.76. The maximum absolute atomic E-state index is 11.8. The van der Waals surface area contributed by atoms with Gasteiger partial charge >= 0.3 is 0 Å². The van der Waals surface area contributed by atoms with E-state index in [1.807, 2.05) is 0 Å². The van der Waals surface area contributed by atoms with Gasteiger partial charge in [-0.1, -0.05) is 44.1 Å². The van der Waals surface area contributed by atoms with E-state index in [4.69, 9.17) is 4.74 Å². The van der Waals surface area contributed by atoms with Crippen molar-refractivity contribution in [2.24, 2.45) is 22.7 Å². The van der Waals surface area contributed by atoms with Gasteiger partial charge in [0, 0.05) is 12.5 Å². The first-order valence-corrected chi connectivity index (χ1v) is 9.19. The molecule has 0 unspecified atom stereocenters. The molecule has 0 bridgehead atoms. The van der Waals surface area contributed by atoms with E-state index in [0.717, 1.165) is 19.3 Å². The molecule has 0 aromatic heterocycles. The summed E-state index contributed by atoms with van der Waals surface area (Å²) >= 11 is 0. The lowest BCUT2D eigenvalue weighted by molar-refractivity contribution is -0.119. The van der Waals surface area contributed by atoms with Crippen LogP contribution >= 0.6 is 0 Å². The van der Waals surface area contributed by atoms with Crippen LogP contribution in [0.2, 0.25) is 0 Å². The number of methoxy groups -OCH3 is 1. The lowest BCUT2D eigenvalue weighted by atomic mass is 9.52. The van der Waals surface area contributed by atoms with Crippen LogP contribution in [-0.4, -0.2) is 20.0 Å². The zero-order chi connectivity index (χ0) is 17.1. The number of hydrogen-bond acceptors (Lipinski definition) is 2. The van der Waals surface area contributed by atoms with E-state index in [2.05, 4.69) is 39.8 Å². The monoisotopic (exact) mass is 318 g/mol. The molecular formula is C21H34O2. The average molecular weight is 319 g/mol. The van der Waals surface area contributed by atoms with Crippen LogP contribution < -0.4 is 0 Å². The Morgan fingerprint density at radius 1 is 1.39 bits per heavy atom. The van der Waals surface area contributed by atoms with E-state index in [1.54, 1.807) is 12.7 Å². The summed E-state index contributed by atoms with van der Waals surface area (Å²) in [5.74, 6) is 1.15. The van der Waals surface area contributed by atoms with Gasteiger partial charge in [0.1, 0.15) is 6.29 Å². The lowest BCUT2D eigenvalue weighted by Crippen LogP contribution is -2.44. The molecule has 2 aliphatic rings. The van der Waals surface area contributed by atoms with Crippen molar-refractivity contribution in [3.05, 3.63) is 23.3 Å². The second-order valence-corrected chi connectivity index (χ2v) is 8.28. The van der Waals surface area contributed by atoms with Gasteiger partial charge in [0.05, 0.1) is 6.61 Å². The summed E-state index contributed by atoms with van der Waals surface area (Å²) in [7, 11) is 1.74. The van der Waals surface area contributed by atoms with E-state index >= 15 is 0 Å². The van der Waals surface area contributed by atoms with Crippen LogP contribution in [0, 0.1) is 22.7 Å². The molecule has 23 heavy (non-hydrogen) atoms. The van der Waals surface area contributed by atoms with Crippen LogP contribution in [-0.2, 0) is 9.53 Å². The van der Waals surface area contributed by atoms with Gasteiger partial charge in [0.25, 0.3) is 0 Å². The molecule has 0 N–H and O–H groups in total. The summed E-state index contributed by atoms with van der Waals surface area (Å²) < 4.78 is 5.15. The largest absolute Gasteiger partial charge is 0.381 e. The van der Waals surface area contributed by atoms with E-state index < -0.39 is 0 Å². The number of allylic oxidation sites excluding steroid dienone is 3. The molecule has 0 amide bonds. The van der Waals surface area contributed by atoms with Crippen molar-refractivity contribution in [1.82, 2.24) is 0 Å². The van der Waals surface area contributed by atoms with Crippen LogP contribution in [0.15, 0.2) is 23.3 Å². The first-order valence-electron chi connectivity index (χ1n) is 9.19. The molecule has 0 spiro atoms. The predicted molar refractivity (Wildman–Crippen MR) is 96.4 cm³/mol. The first kappa shape index (κ1) is 18.4. The summed E-state index contributed by atoms with van der Waals surface area (Å²) in [6.45, 7) is 9.93. The molecule has 2 heteroatoms. The highest BCUT2D eigenvalue weighted by molar-refractivity contribution is 5.61. The molecule has 0 aromatic carbocycles. The van der Waals surface area contributed by atoms with Gasteiger partial charge in [0.15, 0.2) is 0 Å². The summed E-state index contributed by atoms with van der Waals surface area (Å²) in [5.41, 5.74) is 3.08. The zero-order valence-corrected chi connectivity index (χ0v) is 15.7. The Balaban J connectivity index is 2.21. The smallest absolute Gasteiger partial charge is 0.126 e. The number of rotatable bonds is 6. The standard InChI is InChI=1S/C21H34O2/c1-16(11-14-23-5)10-13-21(4)17(2)8-9-18-19(21)7-6-12-20(18,3)15-22/h7,11,15,17-18H,6,8-10,12-14H2,1-5H3/b16-11+/t17-,18+,20-,21+/m1/s1. The van der Waals surface area contributed by atoms with Crippen LogP contribution in [0.5, 0.6) is 0 Å². The van der Waals surface area contributed by atoms with Crippen molar-refractivity contribution in [2.45, 2.75) is 66.2 Å². The van der Waals surface area contributed by atoms with Gasteiger partial charge in [0.2, 0.25) is 0 Å². The first-order chi connectivity index (χ1) is 10.9.